The zero-order valence-electron chi connectivity index (χ0n) is 8.88. The minimum absolute atomic E-state index is 0.304. The van der Waals surface area contributed by atoms with Crippen molar-refractivity contribution in [2.45, 2.75) is 19.6 Å². The molecule has 4 heteroatoms. The normalized spacial score (nSPS) is 24.6. The van der Waals surface area contributed by atoms with E-state index in [1.165, 1.54) is 0 Å². The summed E-state index contributed by atoms with van der Waals surface area (Å²) in [5.41, 5.74) is 0.960. The number of hydrogen-bond acceptors (Lipinski definition) is 4. The van der Waals surface area contributed by atoms with E-state index in [1.807, 2.05) is 30.3 Å². The van der Waals surface area contributed by atoms with Crippen LogP contribution in [0.1, 0.15) is 12.5 Å². The second kappa shape index (κ2) is 4.45. The predicted octanol–water partition coefficient (Wildman–Crippen LogP) is 1.29. The summed E-state index contributed by atoms with van der Waals surface area (Å²) < 4.78 is 9.86. The molecular weight excluding hydrogens is 208 g/mol. The first-order chi connectivity index (χ1) is 7.68. The Morgan fingerprint density at radius 3 is 2.44 bits per heavy atom. The van der Waals surface area contributed by atoms with Gasteiger partial charge in [-0.25, -0.2) is 4.79 Å². The van der Waals surface area contributed by atoms with Crippen LogP contribution in [-0.2, 0) is 25.7 Å². The Morgan fingerprint density at radius 2 is 1.88 bits per heavy atom. The van der Waals surface area contributed by atoms with E-state index >= 15 is 0 Å². The van der Waals surface area contributed by atoms with Gasteiger partial charge in [-0.1, -0.05) is 30.3 Å². The van der Waals surface area contributed by atoms with Gasteiger partial charge in [0.15, 0.2) is 6.10 Å². The SMILES string of the molecule is C[C@H]1C(=O)OC(=O)[C@@H]1OCc1ccccc1. The molecule has 4 nitrogen and oxygen atoms in total. The molecule has 0 aromatic heterocycles. The highest BCUT2D eigenvalue weighted by Gasteiger charge is 2.42. The highest BCUT2D eigenvalue weighted by molar-refractivity contribution is 5.97. The van der Waals surface area contributed by atoms with E-state index in [9.17, 15) is 9.59 Å². The lowest BCUT2D eigenvalue weighted by Crippen LogP contribution is -2.24. The molecule has 84 valence electrons. The number of benzene rings is 1. The van der Waals surface area contributed by atoms with Crippen molar-refractivity contribution in [2.24, 2.45) is 5.92 Å². The Labute approximate surface area is 93.2 Å². The lowest BCUT2D eigenvalue weighted by atomic mass is 10.1. The molecule has 0 amide bonds. The Morgan fingerprint density at radius 1 is 1.19 bits per heavy atom. The fourth-order valence-corrected chi connectivity index (χ4v) is 1.55. The zero-order valence-corrected chi connectivity index (χ0v) is 8.88. The molecule has 0 unspecified atom stereocenters. The first-order valence-electron chi connectivity index (χ1n) is 5.09. The molecule has 0 saturated carbocycles. The molecule has 1 fully saturated rings. The summed E-state index contributed by atoms with van der Waals surface area (Å²) in [6, 6.07) is 9.47. The van der Waals surface area contributed by atoms with Crippen LogP contribution in [0, 0.1) is 5.92 Å². The lowest BCUT2D eigenvalue weighted by molar-refractivity contribution is -0.155. The molecule has 0 spiro atoms. The quantitative estimate of drug-likeness (QED) is 0.569. The number of esters is 2. The standard InChI is InChI=1S/C12H12O4/c1-8-10(12(14)16-11(8)13)15-7-9-5-3-2-4-6-9/h2-6,8,10H,7H2,1H3/t8-,10-/m1/s1. The third-order valence-corrected chi connectivity index (χ3v) is 2.53. The first-order valence-corrected chi connectivity index (χ1v) is 5.09. The van der Waals surface area contributed by atoms with Crippen molar-refractivity contribution in [3.63, 3.8) is 0 Å². The Hall–Kier alpha value is -1.68. The molecule has 1 aromatic rings. The van der Waals surface area contributed by atoms with E-state index in [2.05, 4.69) is 4.74 Å². The van der Waals surface area contributed by atoms with Gasteiger partial charge in [-0.15, -0.1) is 0 Å². The molecule has 1 saturated heterocycles. The maximum atomic E-state index is 11.2. The molecular formula is C12H12O4. The topological polar surface area (TPSA) is 52.6 Å². The summed E-state index contributed by atoms with van der Waals surface area (Å²) in [6.07, 6.45) is -0.771. The van der Waals surface area contributed by atoms with Crippen molar-refractivity contribution < 1.29 is 19.1 Å². The fraction of sp³-hybridized carbons (Fsp3) is 0.333. The summed E-state index contributed by atoms with van der Waals surface area (Å²) in [7, 11) is 0. The largest absolute Gasteiger partial charge is 0.391 e. The Bertz CT molecular complexity index is 399. The third kappa shape index (κ3) is 2.12. The molecule has 0 bridgehead atoms. The van der Waals surface area contributed by atoms with E-state index in [0.29, 0.717) is 6.61 Å². The molecule has 1 aliphatic heterocycles. The van der Waals surface area contributed by atoms with Gasteiger partial charge in [0.2, 0.25) is 0 Å². The number of carbonyl (C=O) groups is 2. The van der Waals surface area contributed by atoms with Gasteiger partial charge in [0, 0.05) is 0 Å². The van der Waals surface area contributed by atoms with Crippen LogP contribution in [0.3, 0.4) is 0 Å². The first kappa shape index (κ1) is 10.8. The third-order valence-electron chi connectivity index (χ3n) is 2.53. The van der Waals surface area contributed by atoms with Crippen LogP contribution in [0.2, 0.25) is 0 Å². The van der Waals surface area contributed by atoms with Crippen LogP contribution in [0.4, 0.5) is 0 Å². The number of cyclic esters (lactones) is 2. The second-order valence-corrected chi connectivity index (χ2v) is 3.75. The number of hydrogen-bond donors (Lipinski definition) is 0. The van der Waals surface area contributed by atoms with Crippen molar-refractivity contribution >= 4 is 11.9 Å². The minimum atomic E-state index is -0.771. The van der Waals surface area contributed by atoms with Gasteiger partial charge < -0.3 is 9.47 Å². The van der Waals surface area contributed by atoms with Gasteiger partial charge in [0.1, 0.15) is 0 Å². The summed E-state index contributed by atoms with van der Waals surface area (Å²) in [4.78, 5) is 22.3. The van der Waals surface area contributed by atoms with Crippen molar-refractivity contribution in [3.8, 4) is 0 Å². The van der Waals surface area contributed by atoms with E-state index in [0.717, 1.165) is 5.56 Å². The Kier molecular flexibility index (Phi) is 3.01. The summed E-state index contributed by atoms with van der Waals surface area (Å²) in [6.45, 7) is 1.93. The van der Waals surface area contributed by atoms with Crippen molar-refractivity contribution in [3.05, 3.63) is 35.9 Å². The van der Waals surface area contributed by atoms with Gasteiger partial charge in [-0.3, -0.25) is 4.79 Å². The van der Waals surface area contributed by atoms with Crippen molar-refractivity contribution in [1.29, 1.82) is 0 Å². The molecule has 1 heterocycles. The van der Waals surface area contributed by atoms with Crippen LogP contribution in [0.25, 0.3) is 0 Å². The average molecular weight is 220 g/mol. The van der Waals surface area contributed by atoms with E-state index in [-0.39, 0.29) is 0 Å². The summed E-state index contributed by atoms with van der Waals surface area (Å²) >= 11 is 0. The number of ether oxygens (including phenoxy) is 2. The van der Waals surface area contributed by atoms with Gasteiger partial charge in [-0.2, -0.15) is 0 Å². The molecule has 2 atom stereocenters. The molecule has 2 rings (SSSR count). The smallest absolute Gasteiger partial charge is 0.343 e. The highest BCUT2D eigenvalue weighted by atomic mass is 16.6. The maximum Gasteiger partial charge on any atom is 0.343 e. The molecule has 0 radical (unpaired) electrons. The monoisotopic (exact) mass is 220 g/mol. The summed E-state index contributed by atoms with van der Waals surface area (Å²) in [5.74, 6) is -1.62. The van der Waals surface area contributed by atoms with Crippen molar-refractivity contribution in [1.82, 2.24) is 0 Å². The van der Waals surface area contributed by atoms with Crippen LogP contribution in [0.15, 0.2) is 30.3 Å². The molecule has 0 N–H and O–H groups in total. The van der Waals surface area contributed by atoms with Crippen LogP contribution in [-0.4, -0.2) is 18.0 Å². The Balaban J connectivity index is 1.96. The van der Waals surface area contributed by atoms with Gasteiger partial charge in [-0.05, 0) is 12.5 Å². The van der Waals surface area contributed by atoms with E-state index in [4.69, 9.17) is 4.74 Å². The highest BCUT2D eigenvalue weighted by Crippen LogP contribution is 2.20. The molecule has 1 aromatic carbocycles. The van der Waals surface area contributed by atoms with Crippen LogP contribution >= 0.6 is 0 Å². The van der Waals surface area contributed by atoms with Crippen LogP contribution in [0.5, 0.6) is 0 Å². The summed E-state index contributed by atoms with van der Waals surface area (Å²) in [5, 5.41) is 0. The minimum Gasteiger partial charge on any atom is -0.391 e. The van der Waals surface area contributed by atoms with Gasteiger partial charge in [0.05, 0.1) is 12.5 Å². The molecule has 1 aliphatic rings. The average Bonchev–Trinajstić information content (AvgIpc) is 2.53. The zero-order chi connectivity index (χ0) is 11.5. The second-order valence-electron chi connectivity index (χ2n) is 3.75. The maximum absolute atomic E-state index is 11.2. The van der Waals surface area contributed by atoms with Gasteiger partial charge in [0.25, 0.3) is 0 Å². The van der Waals surface area contributed by atoms with E-state index in [1.54, 1.807) is 6.92 Å². The fourth-order valence-electron chi connectivity index (χ4n) is 1.55. The van der Waals surface area contributed by atoms with Gasteiger partial charge >= 0.3 is 11.9 Å². The number of rotatable bonds is 3. The predicted molar refractivity (Wildman–Crippen MR) is 55.3 cm³/mol. The van der Waals surface area contributed by atoms with Crippen LogP contribution < -0.4 is 0 Å². The van der Waals surface area contributed by atoms with E-state index < -0.39 is 24.0 Å². The van der Waals surface area contributed by atoms with Crippen molar-refractivity contribution in [2.75, 3.05) is 0 Å². The molecule has 0 aliphatic carbocycles. The lowest BCUT2D eigenvalue weighted by Gasteiger charge is -2.10. The molecule has 16 heavy (non-hydrogen) atoms. The number of carbonyl (C=O) groups excluding carboxylic acids is 2.